The van der Waals surface area contributed by atoms with Gasteiger partial charge in [0, 0.05) is 0 Å². The van der Waals surface area contributed by atoms with Crippen LogP contribution in [0.25, 0.3) is 11.1 Å². The van der Waals surface area contributed by atoms with E-state index in [9.17, 15) is 0 Å². The van der Waals surface area contributed by atoms with Gasteiger partial charge in [0.25, 0.3) is 0 Å². The van der Waals surface area contributed by atoms with Gasteiger partial charge >= 0.3 is 0 Å². The van der Waals surface area contributed by atoms with Crippen LogP contribution in [-0.4, -0.2) is 0 Å². The molecule has 104 valence electrons. The number of allylic oxidation sites excluding steroid dienone is 2. The van der Waals surface area contributed by atoms with Crippen LogP contribution in [0.5, 0.6) is 0 Å². The van der Waals surface area contributed by atoms with Crippen LogP contribution in [0, 0.1) is 0 Å². The van der Waals surface area contributed by atoms with E-state index in [1.54, 1.807) is 0 Å². The lowest BCUT2D eigenvalue weighted by Crippen LogP contribution is -1.86. The van der Waals surface area contributed by atoms with Gasteiger partial charge in [-0.3, -0.25) is 0 Å². The summed E-state index contributed by atoms with van der Waals surface area (Å²) in [5, 5.41) is 0. The van der Waals surface area contributed by atoms with Crippen molar-refractivity contribution in [2.24, 2.45) is 0 Å². The van der Waals surface area contributed by atoms with Crippen molar-refractivity contribution in [2.75, 3.05) is 0 Å². The summed E-state index contributed by atoms with van der Waals surface area (Å²) < 4.78 is 0. The summed E-state index contributed by atoms with van der Waals surface area (Å²) in [5.41, 5.74) is 5.46. The van der Waals surface area contributed by atoms with Crippen LogP contribution in [-0.2, 0) is 12.8 Å². The van der Waals surface area contributed by atoms with Gasteiger partial charge in [-0.2, -0.15) is 0 Å². The van der Waals surface area contributed by atoms with Crippen molar-refractivity contribution in [1.82, 2.24) is 0 Å². The Morgan fingerprint density at radius 2 is 1.25 bits per heavy atom. The molecule has 2 aromatic carbocycles. The Labute approximate surface area is 123 Å². The molecule has 0 aliphatic heterocycles. The number of aryl methyl sites for hydroxylation is 2. The van der Waals surface area contributed by atoms with E-state index in [2.05, 4.69) is 74.5 Å². The molecule has 0 bridgehead atoms. The first-order chi connectivity index (χ1) is 9.83. The molecule has 0 spiro atoms. The van der Waals surface area contributed by atoms with Gasteiger partial charge in [-0.1, -0.05) is 74.0 Å². The zero-order valence-electron chi connectivity index (χ0n) is 12.6. The van der Waals surface area contributed by atoms with Crippen molar-refractivity contribution >= 4 is 0 Å². The fourth-order valence-electron chi connectivity index (χ4n) is 2.43. The van der Waals surface area contributed by atoms with Gasteiger partial charge in [0.05, 0.1) is 0 Å². The zero-order chi connectivity index (χ0) is 14.2. The molecule has 0 fully saturated rings. The van der Waals surface area contributed by atoms with Crippen LogP contribution < -0.4 is 0 Å². The van der Waals surface area contributed by atoms with Crippen molar-refractivity contribution < 1.29 is 0 Å². The predicted octanol–water partition coefficient (Wildman–Crippen LogP) is 5.81. The summed E-state index contributed by atoms with van der Waals surface area (Å²) in [6.45, 7) is 4.30. The smallest absolute Gasteiger partial charge is 0.0184 e. The average molecular weight is 264 g/mol. The minimum absolute atomic E-state index is 1.13. The van der Waals surface area contributed by atoms with E-state index >= 15 is 0 Å². The highest BCUT2D eigenvalue weighted by molar-refractivity contribution is 5.63. The second-order valence-electron chi connectivity index (χ2n) is 5.25. The maximum absolute atomic E-state index is 2.25. The number of rotatable bonds is 6. The standard InChI is InChI=1S/C20H24/c1-3-5-6-8-18-11-15-20(16-12-18)19-13-9-17(7-4-2)10-14-19/h3,5,9-16H,4,6-8H2,1-2H3. The van der Waals surface area contributed by atoms with Crippen molar-refractivity contribution in [3.8, 4) is 11.1 Å². The van der Waals surface area contributed by atoms with Crippen LogP contribution >= 0.6 is 0 Å². The topological polar surface area (TPSA) is 0 Å². The maximum atomic E-state index is 2.25. The summed E-state index contributed by atoms with van der Waals surface area (Å²) in [7, 11) is 0. The molecule has 20 heavy (non-hydrogen) atoms. The van der Waals surface area contributed by atoms with Crippen molar-refractivity contribution in [3.05, 3.63) is 71.8 Å². The highest BCUT2D eigenvalue weighted by Gasteiger charge is 1.99. The minimum Gasteiger partial charge on any atom is -0.0917 e. The largest absolute Gasteiger partial charge is 0.0917 e. The Morgan fingerprint density at radius 3 is 1.70 bits per heavy atom. The molecule has 0 aromatic heterocycles. The zero-order valence-corrected chi connectivity index (χ0v) is 12.6. The lowest BCUT2D eigenvalue weighted by atomic mass is 10.00. The SMILES string of the molecule is CC=CCCc1ccc(-c2ccc(CCC)cc2)cc1. The van der Waals surface area contributed by atoms with Gasteiger partial charge < -0.3 is 0 Å². The van der Waals surface area contributed by atoms with E-state index in [1.165, 1.54) is 35.1 Å². The molecule has 0 aliphatic rings. The molecular weight excluding hydrogens is 240 g/mol. The highest BCUT2D eigenvalue weighted by Crippen LogP contribution is 2.21. The molecule has 0 radical (unpaired) electrons. The van der Waals surface area contributed by atoms with Gasteiger partial charge in [-0.05, 0) is 48.4 Å². The van der Waals surface area contributed by atoms with Gasteiger partial charge in [-0.15, -0.1) is 0 Å². The lowest BCUT2D eigenvalue weighted by molar-refractivity contribution is 0.922. The average Bonchev–Trinajstić information content (AvgIpc) is 2.49. The molecular formula is C20H24. The molecule has 0 heteroatoms. The third-order valence-electron chi connectivity index (χ3n) is 3.62. The fourth-order valence-corrected chi connectivity index (χ4v) is 2.43. The molecule has 0 saturated heterocycles. The first-order valence-electron chi connectivity index (χ1n) is 7.63. The third-order valence-corrected chi connectivity index (χ3v) is 3.62. The molecule has 0 nitrogen and oxygen atoms in total. The van der Waals surface area contributed by atoms with Crippen LogP contribution in [0.4, 0.5) is 0 Å². The number of hydrogen-bond donors (Lipinski definition) is 0. The first kappa shape index (κ1) is 14.6. The Kier molecular flexibility index (Phi) is 5.61. The van der Waals surface area contributed by atoms with Crippen LogP contribution in [0.1, 0.15) is 37.8 Å². The number of hydrogen-bond acceptors (Lipinski definition) is 0. The lowest BCUT2D eigenvalue weighted by Gasteiger charge is -2.05. The van der Waals surface area contributed by atoms with Gasteiger partial charge in [0.15, 0.2) is 0 Å². The molecule has 0 amide bonds. The molecule has 2 aromatic rings. The van der Waals surface area contributed by atoms with E-state index in [1.807, 2.05) is 0 Å². The summed E-state index contributed by atoms with van der Waals surface area (Å²) in [4.78, 5) is 0. The highest BCUT2D eigenvalue weighted by atomic mass is 14.0. The summed E-state index contributed by atoms with van der Waals surface area (Å²) in [6.07, 6.45) is 8.97. The Morgan fingerprint density at radius 1 is 0.750 bits per heavy atom. The maximum Gasteiger partial charge on any atom is -0.0184 e. The van der Waals surface area contributed by atoms with E-state index < -0.39 is 0 Å². The van der Waals surface area contributed by atoms with Crippen molar-refractivity contribution in [1.29, 1.82) is 0 Å². The van der Waals surface area contributed by atoms with Crippen molar-refractivity contribution in [2.45, 2.75) is 39.5 Å². The molecule has 2 rings (SSSR count). The molecule has 0 atom stereocenters. The quantitative estimate of drug-likeness (QED) is 0.577. The summed E-state index contributed by atoms with van der Waals surface area (Å²) in [6, 6.07) is 17.9. The molecule has 0 N–H and O–H groups in total. The second kappa shape index (κ2) is 7.69. The second-order valence-corrected chi connectivity index (χ2v) is 5.25. The van der Waals surface area contributed by atoms with E-state index in [0.29, 0.717) is 0 Å². The Bertz CT molecular complexity index is 529. The normalized spacial score (nSPS) is 11.1. The molecule has 0 unspecified atom stereocenters. The third kappa shape index (κ3) is 4.09. The van der Waals surface area contributed by atoms with E-state index in [-0.39, 0.29) is 0 Å². The molecule has 0 aliphatic carbocycles. The van der Waals surface area contributed by atoms with Gasteiger partial charge in [0.1, 0.15) is 0 Å². The summed E-state index contributed by atoms with van der Waals surface area (Å²) in [5.74, 6) is 0. The molecule has 0 heterocycles. The Balaban J connectivity index is 2.05. The summed E-state index contributed by atoms with van der Waals surface area (Å²) >= 11 is 0. The number of benzene rings is 2. The van der Waals surface area contributed by atoms with Crippen LogP contribution in [0.15, 0.2) is 60.7 Å². The monoisotopic (exact) mass is 264 g/mol. The van der Waals surface area contributed by atoms with E-state index in [0.717, 1.165) is 12.8 Å². The minimum atomic E-state index is 1.13. The van der Waals surface area contributed by atoms with E-state index in [4.69, 9.17) is 0 Å². The van der Waals surface area contributed by atoms with Crippen LogP contribution in [0.2, 0.25) is 0 Å². The Hall–Kier alpha value is -1.82. The first-order valence-corrected chi connectivity index (χ1v) is 7.63. The van der Waals surface area contributed by atoms with Gasteiger partial charge in [-0.25, -0.2) is 0 Å². The van der Waals surface area contributed by atoms with Crippen LogP contribution in [0.3, 0.4) is 0 Å². The fraction of sp³-hybridized carbons (Fsp3) is 0.300. The molecule has 0 saturated carbocycles. The predicted molar refractivity (Wildman–Crippen MR) is 89.0 cm³/mol. The van der Waals surface area contributed by atoms with Crippen molar-refractivity contribution in [3.63, 3.8) is 0 Å². The van der Waals surface area contributed by atoms with Gasteiger partial charge in [0.2, 0.25) is 0 Å².